The summed E-state index contributed by atoms with van der Waals surface area (Å²) in [5.41, 5.74) is 1.31. The second-order valence-corrected chi connectivity index (χ2v) is 4.84. The van der Waals surface area contributed by atoms with Crippen LogP contribution in [0.1, 0.15) is 31.2 Å². The lowest BCUT2D eigenvalue weighted by Gasteiger charge is -2.35. The molecule has 0 aromatic carbocycles. The van der Waals surface area contributed by atoms with Gasteiger partial charge in [0, 0.05) is 30.9 Å². The maximum absolute atomic E-state index is 5.86. The molecule has 88 valence electrons. The molecular weight excluding hydrogens is 220 g/mol. The first-order valence-electron chi connectivity index (χ1n) is 6.09. The average molecular weight is 239 g/mol. The molecule has 0 N–H and O–H groups in total. The van der Waals surface area contributed by atoms with E-state index in [1.54, 1.807) is 0 Å². The van der Waals surface area contributed by atoms with Crippen LogP contribution in [-0.4, -0.2) is 28.4 Å². The molecule has 1 saturated heterocycles. The summed E-state index contributed by atoms with van der Waals surface area (Å²) in [6.45, 7) is 2.23. The summed E-state index contributed by atoms with van der Waals surface area (Å²) in [6.07, 6.45) is 8.88. The minimum atomic E-state index is 0.673. The van der Waals surface area contributed by atoms with E-state index in [-0.39, 0.29) is 0 Å². The molecule has 1 fully saturated rings. The van der Waals surface area contributed by atoms with Gasteiger partial charge in [0.2, 0.25) is 0 Å². The van der Waals surface area contributed by atoms with Crippen LogP contribution in [0.15, 0.2) is 24.5 Å². The van der Waals surface area contributed by atoms with Gasteiger partial charge < -0.3 is 0 Å². The molecule has 1 unspecified atom stereocenters. The molecule has 0 radical (unpaired) electrons. The minimum Gasteiger partial charge on any atom is -0.296 e. The van der Waals surface area contributed by atoms with Crippen molar-refractivity contribution < 1.29 is 0 Å². The molecule has 0 amide bonds. The quantitative estimate of drug-likeness (QED) is 0.750. The normalized spacial score (nSPS) is 22.2. The lowest BCUT2D eigenvalue weighted by Crippen LogP contribution is -2.39. The highest BCUT2D eigenvalue weighted by atomic mass is 35.5. The molecular formula is C13H19ClN2. The van der Waals surface area contributed by atoms with E-state index in [9.17, 15) is 0 Å². The van der Waals surface area contributed by atoms with Crippen molar-refractivity contribution in [3.8, 4) is 0 Å². The number of halogens is 1. The van der Waals surface area contributed by atoms with E-state index < -0.39 is 0 Å². The van der Waals surface area contributed by atoms with Gasteiger partial charge in [0.15, 0.2) is 0 Å². The molecule has 1 aliphatic heterocycles. The third-order valence-corrected chi connectivity index (χ3v) is 3.52. The highest BCUT2D eigenvalue weighted by molar-refractivity contribution is 6.17. The van der Waals surface area contributed by atoms with Gasteiger partial charge in [-0.15, -0.1) is 11.6 Å². The molecule has 16 heavy (non-hydrogen) atoms. The van der Waals surface area contributed by atoms with E-state index in [0.717, 1.165) is 18.8 Å². The minimum absolute atomic E-state index is 0.673. The van der Waals surface area contributed by atoms with Gasteiger partial charge in [-0.3, -0.25) is 9.88 Å². The summed E-state index contributed by atoms with van der Waals surface area (Å²) >= 11 is 5.86. The van der Waals surface area contributed by atoms with Crippen LogP contribution in [0, 0.1) is 0 Å². The SMILES string of the molecule is ClCCC1CCCCN1Cc1cccnc1. The summed E-state index contributed by atoms with van der Waals surface area (Å²) < 4.78 is 0. The fraction of sp³-hybridized carbons (Fsp3) is 0.615. The Morgan fingerprint density at radius 3 is 3.12 bits per heavy atom. The van der Waals surface area contributed by atoms with Crippen LogP contribution in [0.5, 0.6) is 0 Å². The summed E-state index contributed by atoms with van der Waals surface area (Å²) in [7, 11) is 0. The molecule has 0 bridgehead atoms. The smallest absolute Gasteiger partial charge is 0.0312 e. The van der Waals surface area contributed by atoms with E-state index in [0.29, 0.717) is 6.04 Å². The number of piperidine rings is 1. The molecule has 2 heterocycles. The summed E-state index contributed by atoms with van der Waals surface area (Å²) in [4.78, 5) is 6.73. The van der Waals surface area contributed by atoms with Crippen LogP contribution in [0.4, 0.5) is 0 Å². The van der Waals surface area contributed by atoms with Crippen LogP contribution in [0.3, 0.4) is 0 Å². The monoisotopic (exact) mass is 238 g/mol. The highest BCUT2D eigenvalue weighted by Crippen LogP contribution is 2.21. The fourth-order valence-corrected chi connectivity index (χ4v) is 2.70. The molecule has 3 heteroatoms. The molecule has 1 aliphatic rings. The van der Waals surface area contributed by atoms with E-state index in [1.165, 1.54) is 31.4 Å². The average Bonchev–Trinajstić information content (AvgIpc) is 2.33. The molecule has 2 nitrogen and oxygen atoms in total. The number of hydrogen-bond acceptors (Lipinski definition) is 2. The van der Waals surface area contributed by atoms with Crippen molar-refractivity contribution in [1.29, 1.82) is 0 Å². The molecule has 0 spiro atoms. The van der Waals surface area contributed by atoms with Crippen molar-refractivity contribution in [2.45, 2.75) is 38.3 Å². The Labute approximate surface area is 103 Å². The number of nitrogens with zero attached hydrogens (tertiary/aromatic N) is 2. The number of rotatable bonds is 4. The van der Waals surface area contributed by atoms with Gasteiger partial charge in [-0.2, -0.15) is 0 Å². The van der Waals surface area contributed by atoms with Crippen LogP contribution in [0.25, 0.3) is 0 Å². The zero-order valence-corrected chi connectivity index (χ0v) is 10.4. The van der Waals surface area contributed by atoms with Gasteiger partial charge in [-0.25, -0.2) is 0 Å². The van der Waals surface area contributed by atoms with Crippen molar-refractivity contribution in [3.63, 3.8) is 0 Å². The predicted molar refractivity (Wildman–Crippen MR) is 67.6 cm³/mol. The van der Waals surface area contributed by atoms with Gasteiger partial charge in [0.25, 0.3) is 0 Å². The summed E-state index contributed by atoms with van der Waals surface area (Å²) in [5.74, 6) is 0.772. The zero-order chi connectivity index (χ0) is 11.2. The standard InChI is InChI=1S/C13H19ClN2/c14-7-6-13-5-1-2-9-16(13)11-12-4-3-8-15-10-12/h3-4,8,10,13H,1-2,5-7,9,11H2. The molecule has 1 atom stereocenters. The largest absolute Gasteiger partial charge is 0.296 e. The molecule has 1 aromatic heterocycles. The molecule has 2 rings (SSSR count). The fourth-order valence-electron chi connectivity index (χ4n) is 2.45. The predicted octanol–water partition coefficient (Wildman–Crippen LogP) is 3.07. The summed E-state index contributed by atoms with van der Waals surface area (Å²) in [5, 5.41) is 0. The third-order valence-electron chi connectivity index (χ3n) is 3.30. The Balaban J connectivity index is 1.96. The first-order chi connectivity index (χ1) is 7.90. The van der Waals surface area contributed by atoms with Crippen LogP contribution in [0.2, 0.25) is 0 Å². The lowest BCUT2D eigenvalue weighted by atomic mass is 9.99. The highest BCUT2D eigenvalue weighted by Gasteiger charge is 2.21. The van der Waals surface area contributed by atoms with Crippen molar-refractivity contribution >= 4 is 11.6 Å². The Bertz CT molecular complexity index is 300. The van der Waals surface area contributed by atoms with Crippen LogP contribution >= 0.6 is 11.6 Å². The van der Waals surface area contributed by atoms with E-state index in [1.807, 2.05) is 18.5 Å². The zero-order valence-electron chi connectivity index (χ0n) is 9.61. The third kappa shape index (κ3) is 3.19. The number of likely N-dealkylation sites (tertiary alicyclic amines) is 1. The van der Waals surface area contributed by atoms with Crippen molar-refractivity contribution in [2.75, 3.05) is 12.4 Å². The lowest BCUT2D eigenvalue weighted by molar-refractivity contribution is 0.136. The first kappa shape index (κ1) is 11.9. The second-order valence-electron chi connectivity index (χ2n) is 4.46. The Hall–Kier alpha value is -0.600. The van der Waals surface area contributed by atoms with E-state index >= 15 is 0 Å². The van der Waals surface area contributed by atoms with Crippen molar-refractivity contribution in [3.05, 3.63) is 30.1 Å². The second kappa shape index (κ2) is 6.21. The molecule has 0 aliphatic carbocycles. The van der Waals surface area contributed by atoms with Gasteiger partial charge in [-0.05, 0) is 37.4 Å². The molecule has 1 aromatic rings. The number of alkyl halides is 1. The Kier molecular flexibility index (Phi) is 4.61. The Morgan fingerprint density at radius 2 is 2.38 bits per heavy atom. The van der Waals surface area contributed by atoms with Crippen molar-refractivity contribution in [1.82, 2.24) is 9.88 Å². The van der Waals surface area contributed by atoms with Crippen molar-refractivity contribution in [2.24, 2.45) is 0 Å². The Morgan fingerprint density at radius 1 is 1.44 bits per heavy atom. The first-order valence-corrected chi connectivity index (χ1v) is 6.62. The molecule has 0 saturated carbocycles. The van der Waals surface area contributed by atoms with Crippen LogP contribution in [-0.2, 0) is 6.54 Å². The van der Waals surface area contributed by atoms with Gasteiger partial charge >= 0.3 is 0 Å². The van der Waals surface area contributed by atoms with Gasteiger partial charge in [0.05, 0.1) is 0 Å². The van der Waals surface area contributed by atoms with Gasteiger partial charge in [-0.1, -0.05) is 12.5 Å². The van der Waals surface area contributed by atoms with Gasteiger partial charge in [0.1, 0.15) is 0 Å². The van der Waals surface area contributed by atoms with E-state index in [4.69, 9.17) is 11.6 Å². The maximum atomic E-state index is 5.86. The van der Waals surface area contributed by atoms with Crippen LogP contribution < -0.4 is 0 Å². The van der Waals surface area contributed by atoms with E-state index in [2.05, 4.69) is 16.0 Å². The number of hydrogen-bond donors (Lipinski definition) is 0. The number of pyridine rings is 1. The number of aromatic nitrogens is 1. The topological polar surface area (TPSA) is 16.1 Å². The maximum Gasteiger partial charge on any atom is 0.0312 e. The summed E-state index contributed by atoms with van der Waals surface area (Å²) in [6, 6.07) is 4.83.